The molecule has 1 saturated heterocycles. The monoisotopic (exact) mass is 318 g/mol. The van der Waals surface area contributed by atoms with Crippen molar-refractivity contribution in [3.05, 3.63) is 45.7 Å². The number of benzene rings is 1. The van der Waals surface area contributed by atoms with Crippen LogP contribution >= 0.6 is 15.9 Å². The van der Waals surface area contributed by atoms with Crippen LogP contribution in [0.4, 0.5) is 0 Å². The van der Waals surface area contributed by atoms with Crippen molar-refractivity contribution in [2.75, 3.05) is 6.54 Å². The third-order valence-corrected chi connectivity index (χ3v) is 3.96. The number of amides is 1. The van der Waals surface area contributed by atoms with E-state index in [-0.39, 0.29) is 17.8 Å². The fourth-order valence-corrected chi connectivity index (χ4v) is 2.85. The van der Waals surface area contributed by atoms with Crippen LogP contribution in [-0.4, -0.2) is 22.5 Å². The molecular weight excluding hydrogens is 308 g/mol. The molecule has 2 aliphatic rings. The fourth-order valence-electron chi connectivity index (χ4n) is 2.58. The first-order valence-electron chi connectivity index (χ1n) is 5.88. The number of fused-ring (bicyclic) bond motifs is 1. The number of nitriles is 1. The number of carbonyl (C=O) groups is 1. The highest BCUT2D eigenvalue weighted by molar-refractivity contribution is 9.10. The topological polar surface area (TPSA) is 73.4 Å². The normalized spacial score (nSPS) is 22.8. The van der Waals surface area contributed by atoms with Crippen LogP contribution in [-0.2, 0) is 4.79 Å². The zero-order valence-corrected chi connectivity index (χ0v) is 11.6. The molecule has 1 fully saturated rings. The number of hydrogen-bond donors (Lipinski definition) is 1. The summed E-state index contributed by atoms with van der Waals surface area (Å²) in [5, 5.41) is 12.6. The smallest absolute Gasteiger partial charge is 0.244 e. The Hall–Kier alpha value is -1.84. The number of hydrogen-bond acceptors (Lipinski definition) is 4. The first-order chi connectivity index (χ1) is 9.13. The summed E-state index contributed by atoms with van der Waals surface area (Å²) in [4.78, 5) is 11.8. The molecular formula is C13H11BrN4O. The van der Waals surface area contributed by atoms with Crippen molar-refractivity contribution in [1.82, 2.24) is 10.0 Å². The molecule has 2 aliphatic heterocycles. The molecule has 0 bridgehead atoms. The van der Waals surface area contributed by atoms with Crippen LogP contribution in [0.2, 0.25) is 0 Å². The Labute approximate surface area is 119 Å². The zero-order chi connectivity index (χ0) is 13.6. The SMILES string of the molecule is N#CC1=C(N)N2C(=O)CCN2[C@@H]1c1ccc(Br)cc1. The van der Waals surface area contributed by atoms with Gasteiger partial charge < -0.3 is 5.73 Å². The average Bonchev–Trinajstić information content (AvgIpc) is 2.90. The molecule has 96 valence electrons. The molecule has 0 aromatic heterocycles. The molecule has 0 saturated carbocycles. The van der Waals surface area contributed by atoms with Crippen LogP contribution in [0.1, 0.15) is 18.0 Å². The van der Waals surface area contributed by atoms with E-state index in [9.17, 15) is 10.1 Å². The number of nitrogens with two attached hydrogens (primary N) is 1. The second kappa shape index (κ2) is 4.37. The number of carbonyl (C=O) groups excluding carboxylic acids is 1. The Morgan fingerprint density at radius 3 is 2.68 bits per heavy atom. The molecule has 0 spiro atoms. The van der Waals surface area contributed by atoms with Crippen molar-refractivity contribution in [3.8, 4) is 6.07 Å². The molecule has 6 heteroatoms. The second-order valence-corrected chi connectivity index (χ2v) is 5.40. The van der Waals surface area contributed by atoms with Gasteiger partial charge in [0, 0.05) is 17.4 Å². The van der Waals surface area contributed by atoms with Gasteiger partial charge >= 0.3 is 0 Å². The first kappa shape index (κ1) is 12.2. The van der Waals surface area contributed by atoms with Crippen LogP contribution in [0.25, 0.3) is 0 Å². The lowest BCUT2D eigenvalue weighted by molar-refractivity contribution is -0.133. The molecule has 0 unspecified atom stereocenters. The zero-order valence-electron chi connectivity index (χ0n) is 10.0. The maximum Gasteiger partial charge on any atom is 0.244 e. The highest BCUT2D eigenvalue weighted by Crippen LogP contribution is 2.41. The third kappa shape index (κ3) is 1.74. The summed E-state index contributed by atoms with van der Waals surface area (Å²) in [6.45, 7) is 0.589. The summed E-state index contributed by atoms with van der Waals surface area (Å²) >= 11 is 3.38. The Balaban J connectivity index is 2.08. The summed E-state index contributed by atoms with van der Waals surface area (Å²) in [6, 6.07) is 9.58. The van der Waals surface area contributed by atoms with Crippen LogP contribution in [0.15, 0.2) is 40.1 Å². The Morgan fingerprint density at radius 2 is 2.05 bits per heavy atom. The Morgan fingerprint density at radius 1 is 1.37 bits per heavy atom. The summed E-state index contributed by atoms with van der Waals surface area (Å²) < 4.78 is 0.971. The van der Waals surface area contributed by atoms with Crippen LogP contribution < -0.4 is 5.73 Å². The maximum atomic E-state index is 11.8. The second-order valence-electron chi connectivity index (χ2n) is 4.48. The van der Waals surface area contributed by atoms with Crippen molar-refractivity contribution < 1.29 is 4.79 Å². The summed E-state index contributed by atoms with van der Waals surface area (Å²) in [5.41, 5.74) is 7.33. The van der Waals surface area contributed by atoms with Gasteiger partial charge in [-0.2, -0.15) is 10.3 Å². The van der Waals surface area contributed by atoms with E-state index >= 15 is 0 Å². The predicted octanol–water partition coefficient (Wildman–Crippen LogP) is 1.65. The van der Waals surface area contributed by atoms with E-state index in [1.165, 1.54) is 5.01 Å². The minimum absolute atomic E-state index is 0.0511. The van der Waals surface area contributed by atoms with E-state index in [0.29, 0.717) is 18.5 Å². The highest BCUT2D eigenvalue weighted by Gasteiger charge is 2.45. The minimum atomic E-state index is -0.260. The highest BCUT2D eigenvalue weighted by atomic mass is 79.9. The molecule has 0 radical (unpaired) electrons. The van der Waals surface area contributed by atoms with Gasteiger partial charge in [-0.25, -0.2) is 5.01 Å². The minimum Gasteiger partial charge on any atom is -0.383 e. The van der Waals surface area contributed by atoms with E-state index < -0.39 is 0 Å². The van der Waals surface area contributed by atoms with Gasteiger partial charge in [0.25, 0.3) is 0 Å². The van der Waals surface area contributed by atoms with Gasteiger partial charge in [-0.05, 0) is 17.7 Å². The largest absolute Gasteiger partial charge is 0.383 e. The standard InChI is InChI=1S/C13H11BrN4O/c14-9-3-1-8(2-4-9)12-10(7-15)13(16)18-11(19)5-6-17(12)18/h1-4,12H,5-6,16H2/t12-/m1/s1. The van der Waals surface area contributed by atoms with E-state index in [4.69, 9.17) is 5.73 Å². The molecule has 0 aliphatic carbocycles. The number of nitrogens with zero attached hydrogens (tertiary/aromatic N) is 3. The van der Waals surface area contributed by atoms with Crippen LogP contribution in [0.3, 0.4) is 0 Å². The number of hydrazine groups is 1. The van der Waals surface area contributed by atoms with Crippen molar-refractivity contribution in [2.45, 2.75) is 12.5 Å². The first-order valence-corrected chi connectivity index (χ1v) is 6.67. The summed E-state index contributed by atoms with van der Waals surface area (Å²) in [6.07, 6.45) is 0.437. The molecule has 1 amide bonds. The molecule has 19 heavy (non-hydrogen) atoms. The van der Waals surface area contributed by atoms with Crippen molar-refractivity contribution in [2.24, 2.45) is 5.73 Å². The molecule has 2 heterocycles. The number of rotatable bonds is 1. The lowest BCUT2D eigenvalue weighted by Crippen LogP contribution is -2.36. The van der Waals surface area contributed by atoms with Crippen molar-refractivity contribution >= 4 is 21.8 Å². The maximum absolute atomic E-state index is 11.8. The Kier molecular flexibility index (Phi) is 2.81. The van der Waals surface area contributed by atoms with Gasteiger partial charge in [-0.3, -0.25) is 4.79 Å². The lowest BCUT2D eigenvalue weighted by Gasteiger charge is -2.25. The molecule has 5 nitrogen and oxygen atoms in total. The molecule has 1 aromatic carbocycles. The van der Waals surface area contributed by atoms with Crippen LogP contribution in [0, 0.1) is 11.3 Å². The van der Waals surface area contributed by atoms with Gasteiger partial charge in [-0.15, -0.1) is 0 Å². The molecule has 1 atom stereocenters. The van der Waals surface area contributed by atoms with E-state index in [2.05, 4.69) is 22.0 Å². The fraction of sp³-hybridized carbons (Fsp3) is 0.231. The summed E-state index contributed by atoms with van der Waals surface area (Å²) in [7, 11) is 0. The average molecular weight is 319 g/mol. The van der Waals surface area contributed by atoms with Crippen LogP contribution in [0.5, 0.6) is 0 Å². The van der Waals surface area contributed by atoms with Gasteiger partial charge in [-0.1, -0.05) is 28.1 Å². The third-order valence-electron chi connectivity index (χ3n) is 3.43. The quantitative estimate of drug-likeness (QED) is 0.854. The molecule has 1 aromatic rings. The number of halogens is 1. The van der Waals surface area contributed by atoms with Gasteiger partial charge in [0.05, 0.1) is 11.6 Å². The van der Waals surface area contributed by atoms with Crippen molar-refractivity contribution in [3.63, 3.8) is 0 Å². The van der Waals surface area contributed by atoms with E-state index in [0.717, 1.165) is 10.0 Å². The molecule has 2 N–H and O–H groups in total. The van der Waals surface area contributed by atoms with Gasteiger partial charge in [0.15, 0.2) is 0 Å². The lowest BCUT2D eigenvalue weighted by atomic mass is 10.00. The van der Waals surface area contributed by atoms with E-state index in [1.54, 1.807) is 0 Å². The molecule has 3 rings (SSSR count). The van der Waals surface area contributed by atoms with Gasteiger partial charge in [0.2, 0.25) is 5.91 Å². The van der Waals surface area contributed by atoms with E-state index in [1.807, 2.05) is 29.3 Å². The summed E-state index contributed by atoms with van der Waals surface area (Å²) in [5.74, 6) is 0.211. The predicted molar refractivity (Wildman–Crippen MR) is 71.9 cm³/mol. The van der Waals surface area contributed by atoms with Crippen molar-refractivity contribution in [1.29, 1.82) is 5.26 Å². The van der Waals surface area contributed by atoms with Gasteiger partial charge in [0.1, 0.15) is 11.9 Å². The Bertz CT molecular complexity index is 617.